The molecule has 1 aliphatic carbocycles. The van der Waals surface area contributed by atoms with E-state index in [4.69, 9.17) is 4.74 Å². The Morgan fingerprint density at radius 2 is 2.05 bits per heavy atom. The second kappa shape index (κ2) is 6.13. The summed E-state index contributed by atoms with van der Waals surface area (Å²) in [6.07, 6.45) is 2.02. The molecule has 0 unspecified atom stereocenters. The Kier molecular flexibility index (Phi) is 4.21. The number of carbonyl (C=O) groups excluding carboxylic acids is 1. The number of fused-ring (bicyclic) bond motifs is 1. The number of carbonyl (C=O) groups is 1. The van der Waals surface area contributed by atoms with E-state index in [2.05, 4.69) is 34.1 Å². The van der Waals surface area contributed by atoms with Crippen LogP contribution in [0.2, 0.25) is 0 Å². The van der Waals surface area contributed by atoms with Gasteiger partial charge < -0.3 is 9.64 Å². The van der Waals surface area contributed by atoms with E-state index >= 15 is 0 Å². The number of hydrogen-bond acceptors (Lipinski definition) is 2. The van der Waals surface area contributed by atoms with E-state index in [1.165, 1.54) is 11.1 Å². The van der Waals surface area contributed by atoms with Crippen molar-refractivity contribution in [3.05, 3.63) is 63.6 Å². The van der Waals surface area contributed by atoms with Crippen molar-refractivity contribution in [2.75, 3.05) is 14.2 Å². The number of halogens is 1. The van der Waals surface area contributed by atoms with Crippen molar-refractivity contribution in [1.82, 2.24) is 4.90 Å². The fraction of sp³-hybridized carbons (Fsp3) is 0.278. The molecular weight excluding hydrogens is 342 g/mol. The van der Waals surface area contributed by atoms with Gasteiger partial charge in [0.15, 0.2) is 0 Å². The SMILES string of the molecule is COc1ccc(C(=O)N(C)[C@H]2CCc3ccccc32)cc1Br. The molecular formula is C18H18BrNO2. The van der Waals surface area contributed by atoms with Crippen LogP contribution in [0.15, 0.2) is 46.9 Å². The Hall–Kier alpha value is -1.81. The predicted molar refractivity (Wildman–Crippen MR) is 90.3 cm³/mol. The Balaban J connectivity index is 1.85. The summed E-state index contributed by atoms with van der Waals surface area (Å²) in [6.45, 7) is 0. The average molecular weight is 360 g/mol. The lowest BCUT2D eigenvalue weighted by molar-refractivity contribution is 0.0730. The van der Waals surface area contributed by atoms with E-state index in [9.17, 15) is 4.79 Å². The van der Waals surface area contributed by atoms with Gasteiger partial charge in [0.1, 0.15) is 5.75 Å². The van der Waals surface area contributed by atoms with Crippen molar-refractivity contribution < 1.29 is 9.53 Å². The summed E-state index contributed by atoms with van der Waals surface area (Å²) in [7, 11) is 3.50. The first-order valence-corrected chi connectivity index (χ1v) is 8.09. The highest BCUT2D eigenvalue weighted by molar-refractivity contribution is 9.10. The van der Waals surface area contributed by atoms with Crippen LogP contribution >= 0.6 is 15.9 Å². The first kappa shape index (κ1) is 15.1. The minimum atomic E-state index is 0.0325. The predicted octanol–water partition coefficient (Wildman–Crippen LogP) is 4.22. The number of benzene rings is 2. The number of ether oxygens (including phenoxy) is 1. The van der Waals surface area contributed by atoms with Crippen LogP contribution in [-0.4, -0.2) is 25.0 Å². The quantitative estimate of drug-likeness (QED) is 0.820. The van der Waals surface area contributed by atoms with Gasteiger partial charge in [-0.05, 0) is 58.1 Å². The number of hydrogen-bond donors (Lipinski definition) is 0. The zero-order valence-electron chi connectivity index (χ0n) is 12.7. The van der Waals surface area contributed by atoms with Crippen LogP contribution in [0.3, 0.4) is 0 Å². The van der Waals surface area contributed by atoms with E-state index < -0.39 is 0 Å². The number of nitrogens with zero attached hydrogens (tertiary/aromatic N) is 1. The van der Waals surface area contributed by atoms with E-state index in [0.717, 1.165) is 23.1 Å². The molecule has 0 radical (unpaired) electrons. The molecule has 0 fully saturated rings. The van der Waals surface area contributed by atoms with E-state index in [1.54, 1.807) is 7.11 Å². The zero-order chi connectivity index (χ0) is 15.7. The van der Waals surface area contributed by atoms with Crippen LogP contribution < -0.4 is 4.74 Å². The molecule has 4 heteroatoms. The van der Waals surface area contributed by atoms with Gasteiger partial charge in [0.05, 0.1) is 17.6 Å². The molecule has 3 rings (SSSR count). The Morgan fingerprint density at radius 1 is 1.27 bits per heavy atom. The van der Waals surface area contributed by atoms with Crippen molar-refractivity contribution in [1.29, 1.82) is 0 Å². The number of methoxy groups -OCH3 is 1. The van der Waals surface area contributed by atoms with Crippen LogP contribution in [0.25, 0.3) is 0 Å². The van der Waals surface area contributed by atoms with Crippen LogP contribution in [0.1, 0.15) is 33.9 Å². The maximum Gasteiger partial charge on any atom is 0.254 e. The molecule has 0 aromatic heterocycles. The molecule has 0 saturated heterocycles. The molecule has 0 bridgehead atoms. The van der Waals surface area contributed by atoms with E-state index in [0.29, 0.717) is 5.56 Å². The highest BCUT2D eigenvalue weighted by Crippen LogP contribution is 2.36. The second-order valence-corrected chi connectivity index (χ2v) is 6.37. The monoisotopic (exact) mass is 359 g/mol. The van der Waals surface area contributed by atoms with Gasteiger partial charge in [-0.25, -0.2) is 0 Å². The summed E-state index contributed by atoms with van der Waals surface area (Å²) in [4.78, 5) is 14.6. The minimum Gasteiger partial charge on any atom is -0.496 e. The van der Waals surface area contributed by atoms with E-state index in [-0.39, 0.29) is 11.9 Å². The Bertz CT molecular complexity index is 714. The third-order valence-corrected chi connectivity index (χ3v) is 4.91. The summed E-state index contributed by atoms with van der Waals surface area (Å²) in [6, 6.07) is 14.0. The molecule has 2 aromatic carbocycles. The van der Waals surface area contributed by atoms with Gasteiger partial charge in [0, 0.05) is 12.6 Å². The van der Waals surface area contributed by atoms with Gasteiger partial charge in [-0.2, -0.15) is 0 Å². The van der Waals surface area contributed by atoms with Crippen LogP contribution in [0, 0.1) is 0 Å². The summed E-state index contributed by atoms with van der Waals surface area (Å²) in [5, 5.41) is 0. The molecule has 0 spiro atoms. The second-order valence-electron chi connectivity index (χ2n) is 5.52. The molecule has 1 aliphatic rings. The van der Waals surface area contributed by atoms with Crippen molar-refractivity contribution in [2.45, 2.75) is 18.9 Å². The van der Waals surface area contributed by atoms with Crippen molar-refractivity contribution in [2.24, 2.45) is 0 Å². The molecule has 22 heavy (non-hydrogen) atoms. The van der Waals surface area contributed by atoms with Crippen molar-refractivity contribution in [3.8, 4) is 5.75 Å². The fourth-order valence-electron chi connectivity index (χ4n) is 3.08. The standard InChI is InChI=1S/C18H18BrNO2/c1-20(16-9-7-12-5-3-4-6-14(12)16)18(21)13-8-10-17(22-2)15(19)11-13/h3-6,8,10-11,16H,7,9H2,1-2H3/t16-/m0/s1. The molecule has 2 aromatic rings. The summed E-state index contributed by atoms with van der Waals surface area (Å²) >= 11 is 3.44. The van der Waals surface area contributed by atoms with Crippen LogP contribution in [0.5, 0.6) is 5.75 Å². The lowest BCUT2D eigenvalue weighted by atomic mass is 10.1. The fourth-order valence-corrected chi connectivity index (χ4v) is 3.62. The van der Waals surface area contributed by atoms with Gasteiger partial charge in [-0.15, -0.1) is 0 Å². The molecule has 1 amide bonds. The molecule has 3 nitrogen and oxygen atoms in total. The maximum absolute atomic E-state index is 12.8. The summed E-state index contributed by atoms with van der Waals surface area (Å²) in [5.41, 5.74) is 3.29. The molecule has 0 N–H and O–H groups in total. The molecule has 0 aliphatic heterocycles. The molecule has 0 heterocycles. The molecule has 1 atom stereocenters. The summed E-state index contributed by atoms with van der Waals surface area (Å²) in [5.74, 6) is 0.760. The lowest BCUT2D eigenvalue weighted by Gasteiger charge is -2.25. The third kappa shape index (κ3) is 2.63. The normalized spacial score (nSPS) is 16.2. The highest BCUT2D eigenvalue weighted by Gasteiger charge is 2.28. The van der Waals surface area contributed by atoms with Gasteiger partial charge in [-0.1, -0.05) is 24.3 Å². The number of amides is 1. The highest BCUT2D eigenvalue weighted by atomic mass is 79.9. The Morgan fingerprint density at radius 3 is 2.77 bits per heavy atom. The maximum atomic E-state index is 12.8. The van der Waals surface area contributed by atoms with Gasteiger partial charge in [-0.3, -0.25) is 4.79 Å². The zero-order valence-corrected chi connectivity index (χ0v) is 14.3. The number of rotatable bonds is 3. The van der Waals surface area contributed by atoms with Gasteiger partial charge in [0.2, 0.25) is 0 Å². The van der Waals surface area contributed by atoms with Crippen LogP contribution in [0.4, 0.5) is 0 Å². The van der Waals surface area contributed by atoms with Crippen LogP contribution in [-0.2, 0) is 6.42 Å². The third-order valence-electron chi connectivity index (χ3n) is 4.29. The smallest absolute Gasteiger partial charge is 0.254 e. The first-order chi connectivity index (χ1) is 10.6. The van der Waals surface area contributed by atoms with Crippen molar-refractivity contribution >= 4 is 21.8 Å². The van der Waals surface area contributed by atoms with E-state index in [1.807, 2.05) is 36.2 Å². The Labute approximate surface area is 139 Å². The van der Waals surface area contributed by atoms with Gasteiger partial charge in [0.25, 0.3) is 5.91 Å². The minimum absolute atomic E-state index is 0.0325. The number of aryl methyl sites for hydroxylation is 1. The largest absolute Gasteiger partial charge is 0.496 e. The lowest BCUT2D eigenvalue weighted by Crippen LogP contribution is -2.30. The molecule has 114 valence electrons. The topological polar surface area (TPSA) is 29.5 Å². The summed E-state index contributed by atoms with van der Waals surface area (Å²) < 4.78 is 6.01. The van der Waals surface area contributed by atoms with Gasteiger partial charge >= 0.3 is 0 Å². The first-order valence-electron chi connectivity index (χ1n) is 7.30. The average Bonchev–Trinajstić information content (AvgIpc) is 2.97. The van der Waals surface area contributed by atoms with Crippen molar-refractivity contribution in [3.63, 3.8) is 0 Å². The molecule has 0 saturated carbocycles.